The van der Waals surface area contributed by atoms with Gasteiger partial charge in [0.25, 0.3) is 5.91 Å². The average Bonchev–Trinajstić information content (AvgIpc) is 2.61. The van der Waals surface area contributed by atoms with Crippen molar-refractivity contribution in [2.45, 2.75) is 13.0 Å². The van der Waals surface area contributed by atoms with Crippen LogP contribution in [0, 0.1) is 0 Å². The van der Waals surface area contributed by atoms with Crippen LogP contribution in [-0.4, -0.2) is 31.3 Å². The molecule has 0 aliphatic carbocycles. The van der Waals surface area contributed by atoms with Gasteiger partial charge in [0.1, 0.15) is 0 Å². The number of rotatable bonds is 7. The SMILES string of the molecule is C=C(C)CN(C(=O)C(NC)C(=O)c1ccc(Cl)cc1)c1ccccc1.Cl. The van der Waals surface area contributed by atoms with Crippen molar-refractivity contribution in [2.24, 2.45) is 0 Å². The summed E-state index contributed by atoms with van der Waals surface area (Å²) in [7, 11) is 1.60. The molecule has 0 radical (unpaired) electrons. The van der Waals surface area contributed by atoms with Gasteiger partial charge in [0.05, 0.1) is 0 Å². The van der Waals surface area contributed by atoms with Crippen molar-refractivity contribution < 1.29 is 9.59 Å². The Morgan fingerprint density at radius 2 is 1.69 bits per heavy atom. The van der Waals surface area contributed by atoms with E-state index >= 15 is 0 Å². The molecule has 0 aromatic heterocycles. The summed E-state index contributed by atoms with van der Waals surface area (Å²) in [5, 5.41) is 3.37. The monoisotopic (exact) mass is 392 g/mol. The predicted octanol–water partition coefficient (Wildman–Crippen LogP) is 4.14. The lowest BCUT2D eigenvalue weighted by molar-refractivity contribution is -0.119. The van der Waals surface area contributed by atoms with E-state index in [9.17, 15) is 9.59 Å². The molecule has 0 fully saturated rings. The molecule has 26 heavy (non-hydrogen) atoms. The number of hydrogen-bond acceptors (Lipinski definition) is 3. The molecule has 1 atom stereocenters. The number of likely N-dealkylation sites (N-methyl/N-ethyl adjacent to an activating group) is 1. The summed E-state index contributed by atoms with van der Waals surface area (Å²) in [5.41, 5.74) is 1.98. The van der Waals surface area contributed by atoms with Crippen LogP contribution in [0.4, 0.5) is 5.69 Å². The van der Waals surface area contributed by atoms with Crippen LogP contribution in [0.3, 0.4) is 0 Å². The van der Waals surface area contributed by atoms with Crippen LogP contribution < -0.4 is 10.2 Å². The highest BCUT2D eigenvalue weighted by Gasteiger charge is 2.30. The summed E-state index contributed by atoms with van der Waals surface area (Å²) in [5.74, 6) is -0.622. The van der Waals surface area contributed by atoms with Crippen molar-refractivity contribution in [2.75, 3.05) is 18.5 Å². The number of benzene rings is 2. The highest BCUT2D eigenvalue weighted by Crippen LogP contribution is 2.18. The van der Waals surface area contributed by atoms with Crippen LogP contribution >= 0.6 is 24.0 Å². The van der Waals surface area contributed by atoms with Crippen LogP contribution in [0.2, 0.25) is 5.02 Å². The first kappa shape index (κ1) is 21.9. The molecule has 0 aliphatic rings. The second kappa shape index (κ2) is 10.1. The van der Waals surface area contributed by atoms with Crippen molar-refractivity contribution in [1.82, 2.24) is 5.32 Å². The van der Waals surface area contributed by atoms with Gasteiger partial charge in [-0.25, -0.2) is 0 Å². The molecule has 138 valence electrons. The van der Waals surface area contributed by atoms with Crippen molar-refractivity contribution in [1.29, 1.82) is 0 Å². The molecule has 4 nitrogen and oxygen atoms in total. The first-order valence-corrected chi connectivity index (χ1v) is 8.29. The molecule has 0 saturated heterocycles. The maximum atomic E-state index is 13.1. The number of Topliss-reactive ketones (excluding diaryl/α,β-unsaturated/α-hetero) is 1. The maximum Gasteiger partial charge on any atom is 0.252 e. The fourth-order valence-electron chi connectivity index (χ4n) is 2.48. The van der Waals surface area contributed by atoms with Crippen LogP contribution in [0.25, 0.3) is 0 Å². The van der Waals surface area contributed by atoms with Gasteiger partial charge in [-0.2, -0.15) is 0 Å². The molecule has 0 spiro atoms. The number of nitrogens with zero attached hydrogens (tertiary/aromatic N) is 1. The van der Waals surface area contributed by atoms with Crippen molar-refractivity contribution in [3.05, 3.63) is 77.3 Å². The Bertz CT molecular complexity index is 761. The van der Waals surface area contributed by atoms with Gasteiger partial charge < -0.3 is 10.2 Å². The molecular formula is C20H22Cl2N2O2. The fourth-order valence-corrected chi connectivity index (χ4v) is 2.60. The summed E-state index contributed by atoms with van der Waals surface area (Å²) in [6, 6.07) is 14.8. The Labute approximate surface area is 165 Å². The zero-order valence-electron chi connectivity index (χ0n) is 14.7. The molecule has 6 heteroatoms. The third-order valence-corrected chi connectivity index (χ3v) is 3.94. The molecule has 1 amide bonds. The number of halogens is 2. The number of carbonyl (C=O) groups is 2. The lowest BCUT2D eigenvalue weighted by Gasteiger charge is -2.27. The van der Waals surface area contributed by atoms with Crippen LogP contribution in [0.1, 0.15) is 17.3 Å². The van der Waals surface area contributed by atoms with Gasteiger partial charge in [-0.1, -0.05) is 42.0 Å². The van der Waals surface area contributed by atoms with Crippen LogP contribution in [0.15, 0.2) is 66.7 Å². The molecule has 2 aromatic rings. The number of carbonyl (C=O) groups excluding carboxylic acids is 2. The highest BCUT2D eigenvalue weighted by atomic mass is 35.5. The lowest BCUT2D eigenvalue weighted by atomic mass is 10.0. The van der Waals surface area contributed by atoms with Crippen molar-refractivity contribution >= 4 is 41.4 Å². The van der Waals surface area contributed by atoms with Gasteiger partial charge in [-0.3, -0.25) is 9.59 Å². The van der Waals surface area contributed by atoms with Gasteiger partial charge in [-0.15, -0.1) is 12.4 Å². The minimum absolute atomic E-state index is 0. The Kier molecular flexibility index (Phi) is 8.52. The Morgan fingerprint density at radius 1 is 1.12 bits per heavy atom. The van der Waals surface area contributed by atoms with E-state index in [-0.39, 0.29) is 24.1 Å². The third kappa shape index (κ3) is 5.43. The molecular weight excluding hydrogens is 371 g/mol. The Hall–Kier alpha value is -2.14. The van der Waals surface area contributed by atoms with E-state index in [1.165, 1.54) is 0 Å². The number of nitrogens with one attached hydrogen (secondary N) is 1. The minimum Gasteiger partial charge on any atom is -0.307 e. The largest absolute Gasteiger partial charge is 0.307 e. The van der Waals surface area contributed by atoms with Crippen LogP contribution in [0.5, 0.6) is 0 Å². The molecule has 0 aliphatic heterocycles. The van der Waals surface area contributed by atoms with E-state index in [1.54, 1.807) is 36.2 Å². The number of ketones is 1. The number of amides is 1. The van der Waals surface area contributed by atoms with E-state index < -0.39 is 6.04 Å². The lowest BCUT2D eigenvalue weighted by Crippen LogP contribution is -2.50. The molecule has 0 heterocycles. The highest BCUT2D eigenvalue weighted by molar-refractivity contribution is 6.30. The van der Waals surface area contributed by atoms with Gasteiger partial charge in [0.15, 0.2) is 11.8 Å². The summed E-state index contributed by atoms with van der Waals surface area (Å²) >= 11 is 5.87. The zero-order chi connectivity index (χ0) is 18.4. The molecule has 1 unspecified atom stereocenters. The number of para-hydroxylation sites is 1. The van der Waals surface area contributed by atoms with Crippen LogP contribution in [-0.2, 0) is 4.79 Å². The third-order valence-electron chi connectivity index (χ3n) is 3.69. The minimum atomic E-state index is -0.985. The topological polar surface area (TPSA) is 49.4 Å². The average molecular weight is 393 g/mol. The van der Waals surface area contributed by atoms with Gasteiger partial charge in [0.2, 0.25) is 0 Å². The summed E-state index contributed by atoms with van der Waals surface area (Å²) < 4.78 is 0. The summed E-state index contributed by atoms with van der Waals surface area (Å²) in [4.78, 5) is 27.4. The second-order valence-electron chi connectivity index (χ2n) is 5.81. The smallest absolute Gasteiger partial charge is 0.252 e. The fraction of sp³-hybridized carbons (Fsp3) is 0.200. The van der Waals surface area contributed by atoms with Crippen molar-refractivity contribution in [3.8, 4) is 0 Å². The Balaban J connectivity index is 0.00000338. The van der Waals surface area contributed by atoms with E-state index in [4.69, 9.17) is 11.6 Å². The van der Waals surface area contributed by atoms with Gasteiger partial charge in [-0.05, 0) is 50.4 Å². The van der Waals surface area contributed by atoms with E-state index in [0.717, 1.165) is 11.3 Å². The first-order chi connectivity index (χ1) is 11.9. The van der Waals surface area contributed by atoms with E-state index in [0.29, 0.717) is 17.1 Å². The first-order valence-electron chi connectivity index (χ1n) is 7.92. The van der Waals surface area contributed by atoms with E-state index in [2.05, 4.69) is 11.9 Å². The zero-order valence-corrected chi connectivity index (χ0v) is 16.3. The number of anilines is 1. The van der Waals surface area contributed by atoms with Gasteiger partial charge >= 0.3 is 0 Å². The standard InChI is InChI=1S/C20H21ClN2O2.ClH/c1-14(2)13-23(17-7-5-4-6-8-17)20(25)18(22-3)19(24)15-9-11-16(21)12-10-15;/h4-12,18,22H,1,13H2,2-3H3;1H. The number of hydrogen-bond donors (Lipinski definition) is 1. The quantitative estimate of drug-likeness (QED) is 0.437. The van der Waals surface area contributed by atoms with E-state index in [1.807, 2.05) is 37.3 Å². The molecule has 0 bridgehead atoms. The molecule has 2 aromatic carbocycles. The van der Waals surface area contributed by atoms with Gasteiger partial charge in [0, 0.05) is 22.8 Å². The molecule has 2 rings (SSSR count). The van der Waals surface area contributed by atoms with Crippen molar-refractivity contribution in [3.63, 3.8) is 0 Å². The Morgan fingerprint density at radius 3 is 2.19 bits per heavy atom. The molecule has 1 N–H and O–H groups in total. The molecule has 0 saturated carbocycles. The summed E-state index contributed by atoms with van der Waals surface area (Å²) in [6.07, 6.45) is 0. The summed E-state index contributed by atoms with van der Waals surface area (Å²) in [6.45, 7) is 6.07. The maximum absolute atomic E-state index is 13.1. The second-order valence-corrected chi connectivity index (χ2v) is 6.25. The predicted molar refractivity (Wildman–Crippen MR) is 109 cm³/mol. The normalized spacial score (nSPS) is 11.2.